The van der Waals surface area contributed by atoms with Crippen molar-refractivity contribution < 1.29 is 14.3 Å². The Hall–Kier alpha value is -2.69. The molecule has 31 heavy (non-hydrogen) atoms. The molecule has 0 aromatic heterocycles. The number of carbonyl (C=O) groups excluding carboxylic acids is 1. The summed E-state index contributed by atoms with van der Waals surface area (Å²) in [6, 6.07) is 16.5. The van der Waals surface area contributed by atoms with Crippen LogP contribution >= 0.6 is 0 Å². The van der Waals surface area contributed by atoms with Crippen LogP contribution in [0.25, 0.3) is 0 Å². The molecule has 0 heterocycles. The molecule has 1 N–H and O–H groups in total. The van der Waals surface area contributed by atoms with Crippen LogP contribution in [0, 0.1) is 0 Å². The van der Waals surface area contributed by atoms with Crippen molar-refractivity contribution in [2.75, 3.05) is 13.6 Å². The maximum absolute atomic E-state index is 12.1. The van der Waals surface area contributed by atoms with Crippen molar-refractivity contribution in [2.45, 2.75) is 71.1 Å². The molecule has 3 rings (SSSR count). The molecule has 0 aliphatic heterocycles. The van der Waals surface area contributed by atoms with Crippen molar-refractivity contribution in [3.8, 4) is 11.5 Å². The van der Waals surface area contributed by atoms with E-state index in [2.05, 4.69) is 29.6 Å². The summed E-state index contributed by atoms with van der Waals surface area (Å²) in [5.74, 6) is 2.35. The van der Waals surface area contributed by atoms with Gasteiger partial charge in [-0.25, -0.2) is 4.79 Å². The van der Waals surface area contributed by atoms with Gasteiger partial charge in [-0.2, -0.15) is 0 Å². The molecule has 1 fully saturated rings. The Balaban J connectivity index is 1.51. The van der Waals surface area contributed by atoms with Crippen LogP contribution in [0.3, 0.4) is 0 Å². The number of nitrogens with one attached hydrogen (secondary N) is 1. The Bertz CT molecular complexity index is 833. The first kappa shape index (κ1) is 23.0. The minimum Gasteiger partial charge on any atom is -0.491 e. The van der Waals surface area contributed by atoms with E-state index in [-0.39, 0.29) is 24.3 Å². The maximum atomic E-state index is 12.1. The first-order chi connectivity index (χ1) is 14.9. The summed E-state index contributed by atoms with van der Waals surface area (Å²) < 4.78 is 12.0. The zero-order chi connectivity index (χ0) is 22.4. The molecule has 168 valence electrons. The molecular formula is C26H36N2O3. The number of hydrogen-bond donors (Lipinski definition) is 1. The summed E-state index contributed by atoms with van der Waals surface area (Å²) in [5.41, 5.74) is 2.43. The molecule has 2 amide bonds. The minimum absolute atomic E-state index is 0.0472. The summed E-state index contributed by atoms with van der Waals surface area (Å²) in [6.07, 6.45) is 3.66. The monoisotopic (exact) mass is 424 g/mol. The lowest BCUT2D eigenvalue weighted by molar-refractivity contribution is 0.207. The van der Waals surface area contributed by atoms with Crippen LogP contribution in [0.4, 0.5) is 4.79 Å². The van der Waals surface area contributed by atoms with Crippen molar-refractivity contribution in [1.29, 1.82) is 0 Å². The van der Waals surface area contributed by atoms with E-state index in [9.17, 15) is 4.79 Å². The van der Waals surface area contributed by atoms with Gasteiger partial charge in [0.25, 0.3) is 0 Å². The predicted octanol–water partition coefficient (Wildman–Crippen LogP) is 5.91. The topological polar surface area (TPSA) is 50.8 Å². The van der Waals surface area contributed by atoms with Crippen molar-refractivity contribution >= 4 is 6.03 Å². The van der Waals surface area contributed by atoms with Gasteiger partial charge in [0.2, 0.25) is 0 Å². The first-order valence-electron chi connectivity index (χ1n) is 11.4. The van der Waals surface area contributed by atoms with E-state index < -0.39 is 0 Å². The summed E-state index contributed by atoms with van der Waals surface area (Å²) in [5, 5.41) is 3.01. The number of rotatable bonds is 8. The van der Waals surface area contributed by atoms with Crippen LogP contribution in [-0.2, 0) is 0 Å². The predicted molar refractivity (Wildman–Crippen MR) is 125 cm³/mol. The smallest absolute Gasteiger partial charge is 0.317 e. The Kier molecular flexibility index (Phi) is 7.83. The van der Waals surface area contributed by atoms with E-state index in [0.717, 1.165) is 36.3 Å². The fourth-order valence-electron chi connectivity index (χ4n) is 3.99. The van der Waals surface area contributed by atoms with E-state index in [1.54, 1.807) is 11.9 Å². The van der Waals surface area contributed by atoms with Crippen LogP contribution in [-0.4, -0.2) is 36.7 Å². The molecule has 1 aliphatic carbocycles. The number of hydrogen-bond acceptors (Lipinski definition) is 3. The molecule has 2 aromatic rings. The second kappa shape index (κ2) is 10.6. The number of amides is 2. The van der Waals surface area contributed by atoms with Gasteiger partial charge in [-0.3, -0.25) is 0 Å². The molecular weight excluding hydrogens is 388 g/mol. The average Bonchev–Trinajstić information content (AvgIpc) is 3.22. The normalized spacial score (nSPS) is 19.2. The standard InChI is InChI=1S/C26H36N2O3/c1-6-28(5)26(29)27-19(4)20-7-12-24(13-8-20)31-25-16-11-22(17-25)21-9-14-23(15-10-21)30-18(2)3/h7-10,12-15,18-19,22,25H,6,11,16-17H2,1-5H3,(H,27,29). The van der Waals surface area contributed by atoms with Gasteiger partial charge in [0, 0.05) is 13.6 Å². The molecule has 0 spiro atoms. The quantitative estimate of drug-likeness (QED) is 0.573. The lowest BCUT2D eigenvalue weighted by Crippen LogP contribution is -2.38. The lowest BCUT2D eigenvalue weighted by atomic mass is 9.97. The van der Waals surface area contributed by atoms with Crippen molar-refractivity contribution in [3.05, 3.63) is 59.7 Å². The molecule has 5 heteroatoms. The lowest BCUT2D eigenvalue weighted by Gasteiger charge is -2.21. The highest BCUT2D eigenvalue weighted by molar-refractivity contribution is 5.74. The van der Waals surface area contributed by atoms with Crippen LogP contribution in [0.5, 0.6) is 11.5 Å². The second-order valence-corrected chi connectivity index (χ2v) is 8.74. The third kappa shape index (κ3) is 6.39. The molecule has 5 nitrogen and oxygen atoms in total. The molecule has 0 bridgehead atoms. The highest BCUT2D eigenvalue weighted by atomic mass is 16.5. The van der Waals surface area contributed by atoms with Crippen LogP contribution in [0.2, 0.25) is 0 Å². The maximum Gasteiger partial charge on any atom is 0.317 e. The fraction of sp³-hybridized carbons (Fsp3) is 0.500. The molecule has 1 saturated carbocycles. The molecule has 0 saturated heterocycles. The number of carbonyl (C=O) groups is 1. The second-order valence-electron chi connectivity index (χ2n) is 8.74. The van der Waals surface area contributed by atoms with Crippen LogP contribution in [0.15, 0.2) is 48.5 Å². The Labute approximate surface area is 186 Å². The zero-order valence-electron chi connectivity index (χ0n) is 19.4. The van der Waals surface area contributed by atoms with Gasteiger partial charge in [0.15, 0.2) is 0 Å². The summed E-state index contributed by atoms with van der Waals surface area (Å²) in [6.45, 7) is 8.72. The summed E-state index contributed by atoms with van der Waals surface area (Å²) in [7, 11) is 1.79. The van der Waals surface area contributed by atoms with E-state index in [1.165, 1.54) is 5.56 Å². The summed E-state index contributed by atoms with van der Waals surface area (Å²) >= 11 is 0. The molecule has 3 atom stereocenters. The number of nitrogens with zero attached hydrogens (tertiary/aromatic N) is 1. The van der Waals surface area contributed by atoms with Gasteiger partial charge in [0.1, 0.15) is 11.5 Å². The van der Waals surface area contributed by atoms with E-state index in [0.29, 0.717) is 12.5 Å². The third-order valence-electron chi connectivity index (χ3n) is 5.95. The van der Waals surface area contributed by atoms with Crippen LogP contribution < -0.4 is 14.8 Å². The van der Waals surface area contributed by atoms with Gasteiger partial charge < -0.3 is 19.7 Å². The van der Waals surface area contributed by atoms with Gasteiger partial charge in [-0.05, 0) is 88.3 Å². The fourth-order valence-corrected chi connectivity index (χ4v) is 3.99. The largest absolute Gasteiger partial charge is 0.491 e. The number of benzene rings is 2. The molecule has 3 unspecified atom stereocenters. The first-order valence-corrected chi connectivity index (χ1v) is 11.4. The van der Waals surface area contributed by atoms with Crippen molar-refractivity contribution in [3.63, 3.8) is 0 Å². The molecule has 2 aromatic carbocycles. The van der Waals surface area contributed by atoms with Gasteiger partial charge in [-0.1, -0.05) is 24.3 Å². The highest BCUT2D eigenvalue weighted by Crippen LogP contribution is 2.37. The van der Waals surface area contributed by atoms with Crippen LogP contribution in [0.1, 0.15) is 70.0 Å². The Morgan fingerprint density at radius 3 is 2.29 bits per heavy atom. The molecule has 1 aliphatic rings. The van der Waals surface area contributed by atoms with E-state index in [4.69, 9.17) is 9.47 Å². The Morgan fingerprint density at radius 1 is 1.03 bits per heavy atom. The SMILES string of the molecule is CCN(C)C(=O)NC(C)c1ccc(OC2CCC(c3ccc(OC(C)C)cc3)C2)cc1. The van der Waals surface area contributed by atoms with Gasteiger partial charge in [0.05, 0.1) is 18.2 Å². The summed E-state index contributed by atoms with van der Waals surface area (Å²) in [4.78, 5) is 13.7. The van der Waals surface area contributed by atoms with Crippen molar-refractivity contribution in [1.82, 2.24) is 10.2 Å². The number of urea groups is 1. The molecule has 0 radical (unpaired) electrons. The highest BCUT2D eigenvalue weighted by Gasteiger charge is 2.27. The number of ether oxygens (including phenoxy) is 2. The van der Waals surface area contributed by atoms with Crippen molar-refractivity contribution in [2.24, 2.45) is 0 Å². The van der Waals surface area contributed by atoms with E-state index >= 15 is 0 Å². The zero-order valence-corrected chi connectivity index (χ0v) is 19.4. The van der Waals surface area contributed by atoms with Gasteiger partial charge >= 0.3 is 6.03 Å². The van der Waals surface area contributed by atoms with E-state index in [1.807, 2.05) is 52.0 Å². The third-order valence-corrected chi connectivity index (χ3v) is 5.95. The Morgan fingerprint density at radius 2 is 1.68 bits per heavy atom. The minimum atomic E-state index is -0.0591. The average molecular weight is 425 g/mol. The van der Waals surface area contributed by atoms with Gasteiger partial charge in [-0.15, -0.1) is 0 Å².